The number of hydrogen-bond donors (Lipinski definition) is 1. The van der Waals surface area contributed by atoms with Crippen molar-refractivity contribution in [2.45, 2.75) is 12.7 Å². The molecule has 0 atom stereocenters. The van der Waals surface area contributed by atoms with Crippen molar-refractivity contribution >= 4 is 17.2 Å². The number of thiophene rings is 1. The lowest BCUT2D eigenvalue weighted by Crippen LogP contribution is -2.23. The second-order valence-corrected chi connectivity index (χ2v) is 7.58. The fraction of sp³-hybridized carbons (Fsp3) is 0.0909. The first-order valence-corrected chi connectivity index (χ1v) is 10.0. The van der Waals surface area contributed by atoms with Crippen LogP contribution in [-0.4, -0.2) is 15.7 Å². The largest absolute Gasteiger partial charge is 0.419 e. The molecule has 0 saturated heterocycles. The zero-order valence-electron chi connectivity index (χ0n) is 15.9. The Kier molecular flexibility index (Phi) is 5.60. The third-order valence-corrected chi connectivity index (χ3v) is 5.42. The standard InChI is InChI=1S/C22H15F4N3OS/c23-18-11-14(8-9-17(18)22(24,25)26)21(30)27-12-15-13-29(16-5-2-1-3-6-16)28-20(15)19-7-4-10-31-19/h1-11,13H,12H2,(H,27,30). The summed E-state index contributed by atoms with van der Waals surface area (Å²) in [5.41, 5.74) is 0.624. The maximum Gasteiger partial charge on any atom is 0.419 e. The van der Waals surface area contributed by atoms with Crippen molar-refractivity contribution in [3.63, 3.8) is 0 Å². The van der Waals surface area contributed by atoms with Crippen LogP contribution in [0.15, 0.2) is 72.2 Å². The van der Waals surface area contributed by atoms with Gasteiger partial charge in [0.15, 0.2) is 0 Å². The Labute approximate surface area is 178 Å². The minimum atomic E-state index is -4.82. The molecule has 1 amide bonds. The molecular formula is C22H15F4N3OS. The van der Waals surface area contributed by atoms with Crippen molar-refractivity contribution in [1.82, 2.24) is 15.1 Å². The van der Waals surface area contributed by atoms with Gasteiger partial charge in [0, 0.05) is 23.9 Å². The van der Waals surface area contributed by atoms with E-state index >= 15 is 0 Å². The molecule has 2 aromatic heterocycles. The molecule has 2 heterocycles. The van der Waals surface area contributed by atoms with Gasteiger partial charge < -0.3 is 5.32 Å². The number of benzene rings is 2. The Morgan fingerprint density at radius 2 is 1.84 bits per heavy atom. The molecule has 0 aliphatic rings. The van der Waals surface area contributed by atoms with Crippen LogP contribution in [0.5, 0.6) is 0 Å². The second-order valence-electron chi connectivity index (χ2n) is 6.64. The molecule has 1 N–H and O–H groups in total. The number of para-hydroxylation sites is 1. The van der Waals surface area contributed by atoms with Gasteiger partial charge in [-0.05, 0) is 41.8 Å². The van der Waals surface area contributed by atoms with Crippen molar-refractivity contribution in [3.8, 4) is 16.3 Å². The lowest BCUT2D eigenvalue weighted by atomic mass is 10.1. The average Bonchev–Trinajstić information content (AvgIpc) is 3.41. The summed E-state index contributed by atoms with van der Waals surface area (Å²) < 4.78 is 53.7. The highest BCUT2D eigenvalue weighted by Gasteiger charge is 2.34. The molecule has 31 heavy (non-hydrogen) atoms. The number of hydrogen-bond acceptors (Lipinski definition) is 3. The van der Waals surface area contributed by atoms with Crippen LogP contribution in [0.3, 0.4) is 0 Å². The molecule has 158 valence electrons. The predicted molar refractivity (Wildman–Crippen MR) is 109 cm³/mol. The van der Waals surface area contributed by atoms with E-state index in [4.69, 9.17) is 0 Å². The van der Waals surface area contributed by atoms with Gasteiger partial charge in [0.25, 0.3) is 5.91 Å². The van der Waals surface area contributed by atoms with Crippen LogP contribution in [0.25, 0.3) is 16.3 Å². The van der Waals surface area contributed by atoms with Crippen LogP contribution in [0.2, 0.25) is 0 Å². The Morgan fingerprint density at radius 1 is 1.06 bits per heavy atom. The van der Waals surface area contributed by atoms with Crippen LogP contribution in [0.1, 0.15) is 21.5 Å². The van der Waals surface area contributed by atoms with E-state index in [-0.39, 0.29) is 12.1 Å². The summed E-state index contributed by atoms with van der Waals surface area (Å²) in [7, 11) is 0. The van der Waals surface area contributed by atoms with Crippen LogP contribution in [0, 0.1) is 5.82 Å². The van der Waals surface area contributed by atoms with Crippen molar-refractivity contribution in [2.75, 3.05) is 0 Å². The van der Waals surface area contributed by atoms with Gasteiger partial charge in [-0.25, -0.2) is 9.07 Å². The Bertz CT molecular complexity index is 1200. The summed E-state index contributed by atoms with van der Waals surface area (Å²) >= 11 is 1.49. The normalized spacial score (nSPS) is 11.5. The first-order valence-electron chi connectivity index (χ1n) is 9.16. The quantitative estimate of drug-likeness (QED) is 0.401. The molecule has 0 aliphatic heterocycles. The molecular weight excluding hydrogens is 430 g/mol. The second kappa shape index (κ2) is 8.35. The van der Waals surface area contributed by atoms with E-state index < -0.39 is 23.5 Å². The number of aromatic nitrogens is 2. The molecule has 0 spiro atoms. The van der Waals surface area contributed by atoms with E-state index in [1.54, 1.807) is 10.9 Å². The summed E-state index contributed by atoms with van der Waals surface area (Å²) in [6, 6.07) is 15.3. The van der Waals surface area contributed by atoms with Gasteiger partial charge in [-0.3, -0.25) is 4.79 Å². The first kappa shape index (κ1) is 20.8. The lowest BCUT2D eigenvalue weighted by Gasteiger charge is -2.10. The summed E-state index contributed by atoms with van der Waals surface area (Å²) in [5.74, 6) is -2.17. The van der Waals surface area contributed by atoms with Gasteiger partial charge in [-0.2, -0.15) is 18.3 Å². The SMILES string of the molecule is O=C(NCc1cn(-c2ccccc2)nc1-c1cccs1)c1ccc(C(F)(F)F)c(F)c1. The van der Waals surface area contributed by atoms with Crippen molar-refractivity contribution in [1.29, 1.82) is 0 Å². The smallest absolute Gasteiger partial charge is 0.348 e. The molecule has 0 aliphatic carbocycles. The van der Waals surface area contributed by atoms with Gasteiger partial charge in [0.05, 0.1) is 16.1 Å². The van der Waals surface area contributed by atoms with E-state index in [1.165, 1.54) is 11.3 Å². The molecule has 0 bridgehead atoms. The number of carbonyl (C=O) groups excluding carboxylic acids is 1. The zero-order valence-corrected chi connectivity index (χ0v) is 16.7. The monoisotopic (exact) mass is 445 g/mol. The van der Waals surface area contributed by atoms with E-state index in [0.717, 1.165) is 16.6 Å². The topological polar surface area (TPSA) is 46.9 Å². The van der Waals surface area contributed by atoms with Gasteiger partial charge in [0.1, 0.15) is 11.5 Å². The van der Waals surface area contributed by atoms with Crippen LogP contribution in [0.4, 0.5) is 17.6 Å². The van der Waals surface area contributed by atoms with Crippen molar-refractivity contribution in [2.24, 2.45) is 0 Å². The predicted octanol–water partition coefficient (Wildman–Crippen LogP) is 5.69. The molecule has 4 aromatic rings. The molecule has 0 unspecified atom stereocenters. The van der Waals surface area contributed by atoms with E-state index in [1.807, 2.05) is 47.8 Å². The van der Waals surface area contributed by atoms with Crippen LogP contribution < -0.4 is 5.32 Å². The third kappa shape index (κ3) is 4.51. The summed E-state index contributed by atoms with van der Waals surface area (Å²) in [5, 5.41) is 9.16. The van der Waals surface area contributed by atoms with Crippen LogP contribution in [-0.2, 0) is 12.7 Å². The summed E-state index contributed by atoms with van der Waals surface area (Å²) in [6.07, 6.45) is -3.04. The number of halogens is 4. The number of alkyl halides is 3. The maximum atomic E-state index is 13.8. The molecule has 2 aromatic carbocycles. The number of nitrogens with one attached hydrogen (secondary N) is 1. The van der Waals surface area contributed by atoms with Crippen molar-refractivity contribution in [3.05, 3.63) is 94.7 Å². The minimum Gasteiger partial charge on any atom is -0.348 e. The van der Waals surface area contributed by atoms with Crippen molar-refractivity contribution < 1.29 is 22.4 Å². The van der Waals surface area contributed by atoms with Crippen LogP contribution >= 0.6 is 11.3 Å². The highest BCUT2D eigenvalue weighted by atomic mass is 32.1. The van der Waals surface area contributed by atoms with E-state index in [2.05, 4.69) is 10.4 Å². The fourth-order valence-electron chi connectivity index (χ4n) is 3.04. The molecule has 9 heteroatoms. The van der Waals surface area contributed by atoms with E-state index in [0.29, 0.717) is 23.4 Å². The van der Waals surface area contributed by atoms with Gasteiger partial charge in [0.2, 0.25) is 0 Å². The Balaban J connectivity index is 1.57. The highest BCUT2D eigenvalue weighted by molar-refractivity contribution is 7.13. The zero-order chi connectivity index (χ0) is 22.0. The maximum absolute atomic E-state index is 13.8. The number of rotatable bonds is 5. The molecule has 4 nitrogen and oxygen atoms in total. The van der Waals surface area contributed by atoms with Gasteiger partial charge >= 0.3 is 6.18 Å². The lowest BCUT2D eigenvalue weighted by molar-refractivity contribution is -0.140. The molecule has 0 radical (unpaired) electrons. The molecule has 0 saturated carbocycles. The molecule has 0 fully saturated rings. The number of nitrogens with zero attached hydrogens (tertiary/aromatic N) is 2. The number of amides is 1. The van der Waals surface area contributed by atoms with E-state index in [9.17, 15) is 22.4 Å². The molecule has 4 rings (SSSR count). The minimum absolute atomic E-state index is 0.0710. The average molecular weight is 445 g/mol. The van der Waals surface area contributed by atoms with Gasteiger partial charge in [-0.1, -0.05) is 24.3 Å². The summed E-state index contributed by atoms with van der Waals surface area (Å²) in [6.45, 7) is 0.0710. The highest BCUT2D eigenvalue weighted by Crippen LogP contribution is 2.32. The Hall–Kier alpha value is -3.46. The first-order chi connectivity index (χ1) is 14.8. The number of carbonyl (C=O) groups is 1. The fourth-order valence-corrected chi connectivity index (χ4v) is 3.78. The third-order valence-electron chi connectivity index (χ3n) is 4.54. The van der Waals surface area contributed by atoms with Gasteiger partial charge in [-0.15, -0.1) is 11.3 Å². The Morgan fingerprint density at radius 3 is 2.48 bits per heavy atom. The summed E-state index contributed by atoms with van der Waals surface area (Å²) in [4.78, 5) is 13.3.